The summed E-state index contributed by atoms with van der Waals surface area (Å²) < 4.78 is 5.75. The van der Waals surface area contributed by atoms with Crippen LogP contribution in [-0.2, 0) is 0 Å². The fourth-order valence-corrected chi connectivity index (χ4v) is 2.48. The van der Waals surface area contributed by atoms with Crippen LogP contribution in [0.5, 0.6) is 11.5 Å². The van der Waals surface area contributed by atoms with Crippen molar-refractivity contribution in [1.82, 2.24) is 0 Å². The van der Waals surface area contributed by atoms with Crippen LogP contribution in [0.15, 0.2) is 78.9 Å². The number of allylic oxidation sites excluding steroid dienone is 1. The van der Waals surface area contributed by atoms with Gasteiger partial charge in [0.1, 0.15) is 23.2 Å². The first kappa shape index (κ1) is 19.9. The predicted molar refractivity (Wildman–Crippen MR) is 104 cm³/mol. The largest absolute Gasteiger partial charge is 0.634 e. The van der Waals surface area contributed by atoms with Gasteiger partial charge in [-0.25, -0.2) is 0 Å². The van der Waals surface area contributed by atoms with Gasteiger partial charge in [0.05, 0.1) is 13.6 Å². The first-order valence-electron chi connectivity index (χ1n) is 8.76. The van der Waals surface area contributed by atoms with Gasteiger partial charge >= 0.3 is 0 Å². The van der Waals surface area contributed by atoms with Crippen LogP contribution in [0.1, 0.15) is 13.3 Å². The molecule has 0 heterocycles. The topological polar surface area (TPSA) is 64.2 Å². The van der Waals surface area contributed by atoms with Crippen molar-refractivity contribution >= 4 is 5.69 Å². The third kappa shape index (κ3) is 6.46. The molecule has 2 aromatic carbocycles. The number of quaternary nitrogens is 2. The molecule has 0 aromatic heterocycles. The Hall–Kier alpha value is -2.44. The van der Waals surface area contributed by atoms with E-state index in [1.807, 2.05) is 61.6 Å². The van der Waals surface area contributed by atoms with Crippen molar-refractivity contribution in [2.24, 2.45) is 0 Å². The number of hydrogen-bond acceptors (Lipinski definition) is 3. The van der Waals surface area contributed by atoms with E-state index in [1.54, 1.807) is 31.3 Å². The summed E-state index contributed by atoms with van der Waals surface area (Å²) in [6, 6.07) is 16.3. The smallest absolute Gasteiger partial charge is 0.132 e. The highest BCUT2D eigenvalue weighted by molar-refractivity contribution is 5.38. The normalized spacial score (nSPS) is 15.2. The van der Waals surface area contributed by atoms with Crippen LogP contribution < -0.4 is 14.9 Å². The summed E-state index contributed by atoms with van der Waals surface area (Å²) in [6.07, 6.45) is 8.14. The molecule has 0 fully saturated rings. The zero-order valence-electron chi connectivity index (χ0n) is 15.2. The summed E-state index contributed by atoms with van der Waals surface area (Å²) in [6.45, 7) is 2.39. The minimum Gasteiger partial charge on any atom is -0.634 e. The van der Waals surface area contributed by atoms with Gasteiger partial charge in [-0.05, 0) is 43.3 Å². The molecule has 0 saturated heterocycles. The molecule has 3 unspecified atom stereocenters. The fourth-order valence-electron chi connectivity index (χ4n) is 2.48. The van der Waals surface area contributed by atoms with Crippen molar-refractivity contribution in [1.29, 1.82) is 0 Å². The molecule has 0 aliphatic heterocycles. The zero-order valence-corrected chi connectivity index (χ0v) is 15.2. The Kier molecular flexibility index (Phi) is 8.05. The van der Waals surface area contributed by atoms with Crippen molar-refractivity contribution in [2.45, 2.75) is 19.4 Å². The highest BCUT2D eigenvalue weighted by Gasteiger charge is 2.11. The number of para-hydroxylation sites is 1. The van der Waals surface area contributed by atoms with Crippen molar-refractivity contribution in [3.8, 4) is 11.5 Å². The molecule has 3 atom stereocenters. The van der Waals surface area contributed by atoms with Gasteiger partial charge in [-0.3, -0.25) is 0 Å². The van der Waals surface area contributed by atoms with Crippen molar-refractivity contribution in [2.75, 3.05) is 13.6 Å². The zero-order chi connectivity index (χ0) is 18.8. The van der Waals surface area contributed by atoms with Crippen LogP contribution in [-0.4, -0.2) is 19.6 Å². The predicted octanol–water partition coefficient (Wildman–Crippen LogP) is 2.40. The average Bonchev–Trinajstić information content (AvgIpc) is 2.65. The Labute approximate surface area is 155 Å². The summed E-state index contributed by atoms with van der Waals surface area (Å²) in [7, 11) is 1.57. The molecule has 0 bridgehead atoms. The molecule has 0 spiro atoms. The summed E-state index contributed by atoms with van der Waals surface area (Å²) in [5, 5.41) is 23.9. The second-order valence-electron chi connectivity index (χ2n) is 6.02. The van der Waals surface area contributed by atoms with Crippen LogP contribution in [0.4, 0.5) is 5.69 Å². The Morgan fingerprint density at radius 2 is 1.62 bits per heavy atom. The van der Waals surface area contributed by atoms with E-state index >= 15 is 0 Å². The number of hydrogen-bond donors (Lipinski definition) is 2. The number of ether oxygens (including phenoxy) is 1. The summed E-state index contributed by atoms with van der Waals surface area (Å²) in [4.78, 5) is 0. The Bertz CT molecular complexity index is 697. The molecule has 5 heteroatoms. The Morgan fingerprint density at radius 3 is 2.23 bits per heavy atom. The van der Waals surface area contributed by atoms with Gasteiger partial charge in [0, 0.05) is 18.6 Å². The molecule has 2 aromatic rings. The van der Waals surface area contributed by atoms with Crippen LogP contribution in [0.3, 0.4) is 0 Å². The maximum Gasteiger partial charge on any atom is 0.132 e. The van der Waals surface area contributed by atoms with E-state index in [0.717, 1.165) is 5.75 Å². The van der Waals surface area contributed by atoms with Gasteiger partial charge in [-0.15, -0.1) is 0 Å². The lowest BCUT2D eigenvalue weighted by Crippen LogP contribution is -3.06. The Morgan fingerprint density at radius 1 is 0.962 bits per heavy atom. The molecule has 138 valence electrons. The molecule has 0 radical (unpaired) electrons. The summed E-state index contributed by atoms with van der Waals surface area (Å²) in [5.74, 6) is 1.44. The minimum atomic E-state index is -0.326. The molecule has 26 heavy (non-hydrogen) atoms. The van der Waals surface area contributed by atoms with Crippen LogP contribution in [0, 0.1) is 10.4 Å². The van der Waals surface area contributed by atoms with Crippen molar-refractivity contribution in [3.63, 3.8) is 0 Å². The number of benzene rings is 2. The average molecular weight is 354 g/mol. The molecular formula is C21H26N2O3. The summed E-state index contributed by atoms with van der Waals surface area (Å²) in [5.41, 5.74) is 0.629. The molecule has 0 aliphatic rings. The minimum absolute atomic E-state index is 0.0217. The molecule has 0 amide bonds. The Balaban J connectivity index is 2.02. The van der Waals surface area contributed by atoms with E-state index in [1.165, 1.54) is 0 Å². The third-order valence-corrected chi connectivity index (χ3v) is 3.83. The molecule has 0 aliphatic carbocycles. The third-order valence-electron chi connectivity index (χ3n) is 3.83. The maximum atomic E-state index is 12.7. The highest BCUT2D eigenvalue weighted by Crippen LogP contribution is 2.21. The van der Waals surface area contributed by atoms with Gasteiger partial charge in [0.15, 0.2) is 0 Å². The SMILES string of the molecule is C/C=C\C(/C=C\CC[NH+](C)[O-])[NH+]([O-])c1ccc(Oc2ccccc2)cc1. The second kappa shape index (κ2) is 10.5. The molecule has 5 nitrogen and oxygen atoms in total. The van der Waals surface area contributed by atoms with Crippen molar-refractivity contribution < 1.29 is 14.9 Å². The van der Waals surface area contributed by atoms with Crippen LogP contribution in [0.25, 0.3) is 0 Å². The molecular weight excluding hydrogens is 328 g/mol. The quantitative estimate of drug-likeness (QED) is 0.537. The lowest BCUT2D eigenvalue weighted by Gasteiger charge is -2.27. The van der Waals surface area contributed by atoms with Gasteiger partial charge in [-0.1, -0.05) is 30.4 Å². The lowest BCUT2D eigenvalue weighted by atomic mass is 10.2. The maximum absolute atomic E-state index is 12.7. The fraction of sp³-hybridized carbons (Fsp3) is 0.238. The van der Waals surface area contributed by atoms with E-state index < -0.39 is 0 Å². The van der Waals surface area contributed by atoms with Gasteiger partial charge in [0.25, 0.3) is 0 Å². The first-order valence-corrected chi connectivity index (χ1v) is 8.76. The van der Waals surface area contributed by atoms with E-state index in [2.05, 4.69) is 0 Å². The molecule has 2 rings (SSSR count). The first-order chi connectivity index (χ1) is 12.6. The number of rotatable bonds is 9. The standard InChI is InChI=1S/C21H26N2O3/c1-3-9-18(10-7-8-17-22(2)24)23(25)19-13-15-21(16-14-19)26-20-11-5-4-6-12-20/h3-7,9-16,18,22-23H,8,17H2,1-2H3/b9-3-,10-7-. The van der Waals surface area contributed by atoms with Gasteiger partial charge in [0.2, 0.25) is 0 Å². The second-order valence-corrected chi connectivity index (χ2v) is 6.02. The van der Waals surface area contributed by atoms with Crippen LogP contribution >= 0.6 is 0 Å². The number of hydroxylamine groups is 3. The van der Waals surface area contributed by atoms with E-state index in [-0.39, 0.29) is 16.2 Å². The van der Waals surface area contributed by atoms with E-state index in [0.29, 0.717) is 24.4 Å². The summed E-state index contributed by atoms with van der Waals surface area (Å²) >= 11 is 0. The van der Waals surface area contributed by atoms with E-state index in [9.17, 15) is 10.4 Å². The van der Waals surface area contributed by atoms with Crippen LogP contribution in [0.2, 0.25) is 0 Å². The van der Waals surface area contributed by atoms with Gasteiger partial charge in [-0.2, -0.15) is 0 Å². The number of nitrogens with one attached hydrogen (secondary N) is 2. The molecule has 2 N–H and O–H groups in total. The highest BCUT2D eigenvalue weighted by atomic mass is 16.5. The molecule has 0 saturated carbocycles. The van der Waals surface area contributed by atoms with Crippen molar-refractivity contribution in [3.05, 3.63) is 89.3 Å². The monoisotopic (exact) mass is 354 g/mol. The lowest BCUT2D eigenvalue weighted by molar-refractivity contribution is -0.825. The van der Waals surface area contributed by atoms with E-state index in [4.69, 9.17) is 4.74 Å². The van der Waals surface area contributed by atoms with Gasteiger partial charge < -0.3 is 25.3 Å².